The van der Waals surface area contributed by atoms with Crippen molar-refractivity contribution in [1.29, 1.82) is 0 Å². The number of methoxy groups -OCH3 is 2. The summed E-state index contributed by atoms with van der Waals surface area (Å²) in [4.78, 5) is 26.6. The van der Waals surface area contributed by atoms with Crippen molar-refractivity contribution in [2.45, 2.75) is 4.90 Å². The highest BCUT2D eigenvalue weighted by Crippen LogP contribution is 2.25. The van der Waals surface area contributed by atoms with E-state index in [1.165, 1.54) is 7.11 Å². The van der Waals surface area contributed by atoms with Crippen molar-refractivity contribution in [3.63, 3.8) is 0 Å². The van der Waals surface area contributed by atoms with Crippen LogP contribution in [0.4, 0.5) is 23.7 Å². The van der Waals surface area contributed by atoms with Gasteiger partial charge in [0.05, 0.1) is 16.3 Å². The van der Waals surface area contributed by atoms with E-state index < -0.39 is 69.7 Å². The summed E-state index contributed by atoms with van der Waals surface area (Å²) in [7, 11) is -1.54. The number of imide groups is 1. The lowest BCUT2D eigenvalue weighted by Crippen LogP contribution is -2.48. The standard InChI is InChI=1S/C21H21F3N2O6S/c1-4-10-33(29,30)14-8-9-18(17(24)11-14)25(12-31-2)21(28)26(13-32-3)20(27)19-15(22)6-5-7-16(19)23/h4-9,11H,1,10,12-13H2,2-3H3. The number of hydrogen-bond acceptors (Lipinski definition) is 6. The molecule has 33 heavy (non-hydrogen) atoms. The maximum Gasteiger partial charge on any atom is 0.335 e. The molecule has 0 N–H and O–H groups in total. The number of carbonyl (C=O) groups is 2. The summed E-state index contributed by atoms with van der Waals surface area (Å²) in [6, 6.07) is 4.24. The molecule has 0 saturated carbocycles. The van der Waals surface area contributed by atoms with Crippen LogP contribution in [0.25, 0.3) is 0 Å². The van der Waals surface area contributed by atoms with Gasteiger partial charge in [0.1, 0.15) is 36.5 Å². The molecule has 2 aromatic rings. The predicted molar refractivity (Wildman–Crippen MR) is 113 cm³/mol. The molecular formula is C21H21F3N2O6S. The summed E-state index contributed by atoms with van der Waals surface area (Å²) in [6.07, 6.45) is 1.14. The first kappa shape index (κ1) is 26.0. The summed E-state index contributed by atoms with van der Waals surface area (Å²) in [6.45, 7) is 2.03. The summed E-state index contributed by atoms with van der Waals surface area (Å²) >= 11 is 0. The van der Waals surface area contributed by atoms with E-state index in [9.17, 15) is 31.2 Å². The SMILES string of the molecule is C=CCS(=O)(=O)c1ccc(N(COC)C(=O)N(COC)C(=O)c2c(F)cccc2F)c(F)c1. The number of benzene rings is 2. The molecular weight excluding hydrogens is 465 g/mol. The summed E-state index contributed by atoms with van der Waals surface area (Å²) in [5.74, 6) is -5.35. The Balaban J connectivity index is 2.51. The van der Waals surface area contributed by atoms with Gasteiger partial charge in [0.15, 0.2) is 9.84 Å². The second-order valence-electron chi connectivity index (χ2n) is 6.56. The van der Waals surface area contributed by atoms with E-state index in [1.54, 1.807) is 0 Å². The first-order valence-corrected chi connectivity index (χ1v) is 10.9. The third kappa shape index (κ3) is 5.78. The molecule has 0 spiro atoms. The van der Waals surface area contributed by atoms with Crippen LogP contribution in [0.2, 0.25) is 0 Å². The molecule has 0 radical (unpaired) electrons. The Kier molecular flexibility index (Phi) is 8.74. The minimum absolute atomic E-state index is 0.350. The lowest BCUT2D eigenvalue weighted by atomic mass is 10.1. The highest BCUT2D eigenvalue weighted by atomic mass is 32.2. The van der Waals surface area contributed by atoms with Gasteiger partial charge in [-0.1, -0.05) is 12.1 Å². The smallest absolute Gasteiger partial charge is 0.335 e. The van der Waals surface area contributed by atoms with Gasteiger partial charge in [-0.3, -0.25) is 9.69 Å². The largest absolute Gasteiger partial charge is 0.364 e. The summed E-state index contributed by atoms with van der Waals surface area (Å²) in [5, 5.41) is 0. The van der Waals surface area contributed by atoms with Crippen LogP contribution in [0.15, 0.2) is 53.9 Å². The molecule has 3 amide bonds. The molecule has 0 aliphatic rings. The van der Waals surface area contributed by atoms with Crippen molar-refractivity contribution in [2.24, 2.45) is 0 Å². The molecule has 0 unspecified atom stereocenters. The molecule has 0 fully saturated rings. The van der Waals surface area contributed by atoms with Crippen LogP contribution in [-0.4, -0.2) is 58.7 Å². The fourth-order valence-electron chi connectivity index (χ4n) is 2.82. The molecule has 2 aromatic carbocycles. The van der Waals surface area contributed by atoms with Crippen LogP contribution in [-0.2, 0) is 19.3 Å². The van der Waals surface area contributed by atoms with E-state index in [2.05, 4.69) is 6.58 Å². The number of ether oxygens (including phenoxy) is 2. The first-order valence-electron chi connectivity index (χ1n) is 9.27. The van der Waals surface area contributed by atoms with Crippen LogP contribution in [0.5, 0.6) is 0 Å². The average Bonchev–Trinajstić information content (AvgIpc) is 2.75. The van der Waals surface area contributed by atoms with Gasteiger partial charge >= 0.3 is 6.03 Å². The van der Waals surface area contributed by atoms with Crippen LogP contribution in [0, 0.1) is 17.5 Å². The Morgan fingerprint density at radius 1 is 1.00 bits per heavy atom. The minimum Gasteiger partial charge on any atom is -0.364 e. The second kappa shape index (κ2) is 11.1. The van der Waals surface area contributed by atoms with Crippen molar-refractivity contribution in [3.8, 4) is 0 Å². The molecule has 8 nitrogen and oxygen atoms in total. The Bertz CT molecular complexity index is 1140. The van der Waals surface area contributed by atoms with Gasteiger partial charge in [0, 0.05) is 14.2 Å². The molecule has 2 rings (SSSR count). The van der Waals surface area contributed by atoms with Gasteiger partial charge in [0.25, 0.3) is 5.91 Å². The lowest BCUT2D eigenvalue weighted by molar-refractivity contribution is 0.0525. The zero-order valence-corrected chi connectivity index (χ0v) is 18.6. The van der Waals surface area contributed by atoms with Gasteiger partial charge in [-0.2, -0.15) is 0 Å². The van der Waals surface area contributed by atoms with Crippen molar-refractivity contribution in [2.75, 3.05) is 38.3 Å². The Morgan fingerprint density at radius 3 is 2.12 bits per heavy atom. The highest BCUT2D eigenvalue weighted by molar-refractivity contribution is 7.91. The van der Waals surface area contributed by atoms with Crippen molar-refractivity contribution < 1.29 is 40.7 Å². The minimum atomic E-state index is -3.85. The summed E-state index contributed by atoms with van der Waals surface area (Å²) < 4.78 is 77.1. The van der Waals surface area contributed by atoms with Gasteiger partial charge in [-0.15, -0.1) is 6.58 Å². The molecule has 0 aromatic heterocycles. The Hall–Kier alpha value is -3.22. The number of hydrogen-bond donors (Lipinski definition) is 0. The maximum atomic E-state index is 14.9. The van der Waals surface area contributed by atoms with E-state index in [4.69, 9.17) is 9.47 Å². The second-order valence-corrected chi connectivity index (χ2v) is 8.59. The van der Waals surface area contributed by atoms with Crippen LogP contribution in [0.1, 0.15) is 10.4 Å². The van der Waals surface area contributed by atoms with E-state index >= 15 is 0 Å². The third-order valence-electron chi connectivity index (χ3n) is 4.31. The molecule has 178 valence electrons. The van der Waals surface area contributed by atoms with Crippen molar-refractivity contribution in [1.82, 2.24) is 4.90 Å². The van der Waals surface area contributed by atoms with Crippen molar-refractivity contribution >= 4 is 27.5 Å². The topological polar surface area (TPSA) is 93.2 Å². The molecule has 0 saturated heterocycles. The number of carbonyl (C=O) groups excluding carboxylic acids is 2. The first-order chi connectivity index (χ1) is 15.6. The molecule has 0 aliphatic carbocycles. The molecule has 0 bridgehead atoms. The Morgan fingerprint density at radius 2 is 1.61 bits per heavy atom. The zero-order chi connectivity index (χ0) is 24.8. The van der Waals surface area contributed by atoms with E-state index in [0.717, 1.165) is 43.5 Å². The van der Waals surface area contributed by atoms with E-state index in [-0.39, 0.29) is 4.90 Å². The van der Waals surface area contributed by atoms with Crippen LogP contribution in [0.3, 0.4) is 0 Å². The third-order valence-corrected chi connectivity index (χ3v) is 5.95. The van der Waals surface area contributed by atoms with E-state index in [0.29, 0.717) is 15.9 Å². The molecule has 0 heterocycles. The van der Waals surface area contributed by atoms with Gasteiger partial charge < -0.3 is 9.47 Å². The number of nitrogens with zero attached hydrogens (tertiary/aromatic N) is 2. The molecule has 0 aliphatic heterocycles. The lowest BCUT2D eigenvalue weighted by Gasteiger charge is -2.29. The van der Waals surface area contributed by atoms with E-state index in [1.807, 2.05) is 0 Å². The number of halogens is 3. The highest BCUT2D eigenvalue weighted by Gasteiger charge is 2.33. The van der Waals surface area contributed by atoms with Crippen molar-refractivity contribution in [3.05, 3.63) is 72.1 Å². The number of sulfone groups is 1. The number of anilines is 1. The maximum absolute atomic E-state index is 14.9. The predicted octanol–water partition coefficient (Wildman–Crippen LogP) is 3.34. The Labute approximate surface area is 188 Å². The summed E-state index contributed by atoms with van der Waals surface area (Å²) in [5.41, 5.74) is -1.45. The monoisotopic (exact) mass is 486 g/mol. The quantitative estimate of drug-likeness (QED) is 0.399. The molecule has 12 heteroatoms. The normalized spacial score (nSPS) is 11.2. The van der Waals surface area contributed by atoms with Gasteiger partial charge in [-0.25, -0.2) is 31.3 Å². The number of amides is 3. The van der Waals surface area contributed by atoms with Crippen LogP contribution >= 0.6 is 0 Å². The fourth-order valence-corrected chi connectivity index (χ4v) is 3.88. The zero-order valence-electron chi connectivity index (χ0n) is 17.8. The average molecular weight is 486 g/mol. The number of urea groups is 1. The van der Waals surface area contributed by atoms with Gasteiger partial charge in [-0.05, 0) is 30.3 Å². The van der Waals surface area contributed by atoms with Crippen LogP contribution < -0.4 is 4.90 Å². The fraction of sp³-hybridized carbons (Fsp3) is 0.238. The van der Waals surface area contributed by atoms with Gasteiger partial charge in [0.2, 0.25) is 0 Å². The number of rotatable bonds is 9. The molecule has 0 atom stereocenters.